The molecule has 2 unspecified atom stereocenters. The molecule has 0 bridgehead atoms. The largest absolute Gasteiger partial charge is 0.466 e. The molecule has 0 fully saturated rings. The van der Waals surface area contributed by atoms with Gasteiger partial charge in [-0.25, -0.2) is 0 Å². The number of allylic oxidation sites excluding steroid dienone is 7. The summed E-state index contributed by atoms with van der Waals surface area (Å²) in [6.45, 7) is 4.73. The van der Waals surface area contributed by atoms with Gasteiger partial charge in [0, 0.05) is 12.8 Å². The van der Waals surface area contributed by atoms with Crippen LogP contribution in [0.15, 0.2) is 48.6 Å². The van der Waals surface area contributed by atoms with Gasteiger partial charge in [-0.15, -0.1) is 0 Å². The molecule has 0 saturated carbocycles. The van der Waals surface area contributed by atoms with Crippen molar-refractivity contribution in [1.82, 2.24) is 5.32 Å². The van der Waals surface area contributed by atoms with Crippen LogP contribution in [0, 0.1) is 0 Å². The number of unbranched alkanes of at least 4 members (excludes halogenated alkanes) is 27. The van der Waals surface area contributed by atoms with E-state index >= 15 is 0 Å². The first-order valence-corrected chi connectivity index (χ1v) is 24.4. The Morgan fingerprint density at radius 2 is 0.912 bits per heavy atom. The standard InChI is InChI=1S/C51H93NO5/c1-3-5-7-9-11-13-15-17-18-19-20-22-23-27-31-35-39-43-49(54)48(47-53)52-50(55)44-40-36-32-28-25-26-30-34-38-42-46-57-51(56)45-41-37-33-29-24-21-16-14-12-10-8-6-4-2/h8,10,14,16,26,30,39,43,48-49,53-54H,3-7,9,11-13,15,17-25,27-29,31-38,40-42,44-47H2,1-2H3,(H,52,55)/b10-8-,16-14-,30-26-,43-39+. The molecule has 6 heteroatoms. The van der Waals surface area contributed by atoms with Crippen LogP contribution in [0.3, 0.4) is 0 Å². The van der Waals surface area contributed by atoms with Crippen molar-refractivity contribution in [3.05, 3.63) is 48.6 Å². The number of nitrogens with one attached hydrogen (secondary N) is 1. The highest BCUT2D eigenvalue weighted by Gasteiger charge is 2.18. The van der Waals surface area contributed by atoms with Gasteiger partial charge in [0.05, 0.1) is 25.4 Å². The number of aliphatic hydroxyl groups excluding tert-OH is 2. The van der Waals surface area contributed by atoms with Crippen molar-refractivity contribution in [3.63, 3.8) is 0 Å². The minimum Gasteiger partial charge on any atom is -0.466 e. The van der Waals surface area contributed by atoms with Gasteiger partial charge in [0.1, 0.15) is 0 Å². The van der Waals surface area contributed by atoms with Gasteiger partial charge in [-0.05, 0) is 83.5 Å². The molecular formula is C51H93NO5. The van der Waals surface area contributed by atoms with Crippen molar-refractivity contribution >= 4 is 11.9 Å². The molecule has 57 heavy (non-hydrogen) atoms. The molecular weight excluding hydrogens is 707 g/mol. The monoisotopic (exact) mass is 800 g/mol. The summed E-state index contributed by atoms with van der Waals surface area (Å²) in [5, 5.41) is 23.0. The molecule has 0 aromatic rings. The lowest BCUT2D eigenvalue weighted by atomic mass is 10.0. The number of carbonyl (C=O) groups excluding carboxylic acids is 2. The van der Waals surface area contributed by atoms with Crippen molar-refractivity contribution in [3.8, 4) is 0 Å². The van der Waals surface area contributed by atoms with Crippen LogP contribution in [-0.4, -0.2) is 47.4 Å². The van der Waals surface area contributed by atoms with E-state index in [2.05, 4.69) is 55.6 Å². The number of esters is 1. The molecule has 0 aromatic heterocycles. The van der Waals surface area contributed by atoms with E-state index in [-0.39, 0.29) is 18.5 Å². The molecule has 0 aliphatic rings. The zero-order valence-corrected chi connectivity index (χ0v) is 37.6. The van der Waals surface area contributed by atoms with E-state index < -0.39 is 12.1 Å². The van der Waals surface area contributed by atoms with Crippen molar-refractivity contribution < 1.29 is 24.5 Å². The van der Waals surface area contributed by atoms with Gasteiger partial charge in [0.2, 0.25) is 5.91 Å². The highest BCUT2D eigenvalue weighted by molar-refractivity contribution is 5.76. The predicted molar refractivity (Wildman–Crippen MR) is 245 cm³/mol. The van der Waals surface area contributed by atoms with E-state index in [4.69, 9.17) is 4.74 Å². The van der Waals surface area contributed by atoms with Gasteiger partial charge in [-0.3, -0.25) is 9.59 Å². The molecule has 0 spiro atoms. The molecule has 0 radical (unpaired) electrons. The van der Waals surface area contributed by atoms with Crippen LogP contribution < -0.4 is 5.32 Å². The molecule has 3 N–H and O–H groups in total. The number of hydrogen-bond acceptors (Lipinski definition) is 5. The molecule has 0 saturated heterocycles. The Labute approximate surface area is 353 Å². The quantitative estimate of drug-likeness (QED) is 0.0324. The van der Waals surface area contributed by atoms with Gasteiger partial charge in [0.15, 0.2) is 0 Å². The van der Waals surface area contributed by atoms with Crippen LogP contribution in [0.1, 0.15) is 239 Å². The average Bonchev–Trinajstić information content (AvgIpc) is 3.21. The summed E-state index contributed by atoms with van der Waals surface area (Å²) in [7, 11) is 0. The minimum absolute atomic E-state index is 0.0547. The maximum Gasteiger partial charge on any atom is 0.305 e. The fourth-order valence-electron chi connectivity index (χ4n) is 7.02. The van der Waals surface area contributed by atoms with E-state index in [1.165, 1.54) is 122 Å². The number of ether oxygens (including phenoxy) is 1. The van der Waals surface area contributed by atoms with Gasteiger partial charge in [-0.1, -0.05) is 191 Å². The van der Waals surface area contributed by atoms with Crippen molar-refractivity contribution in [2.24, 2.45) is 0 Å². The van der Waals surface area contributed by atoms with Crippen LogP contribution in [-0.2, 0) is 14.3 Å². The van der Waals surface area contributed by atoms with E-state index in [0.717, 1.165) is 89.9 Å². The van der Waals surface area contributed by atoms with E-state index in [1.54, 1.807) is 6.08 Å². The topological polar surface area (TPSA) is 95.9 Å². The summed E-state index contributed by atoms with van der Waals surface area (Å²) in [6, 6.07) is -0.655. The van der Waals surface area contributed by atoms with Crippen LogP contribution >= 0.6 is 0 Å². The Morgan fingerprint density at radius 3 is 1.42 bits per heavy atom. The molecule has 332 valence electrons. The summed E-state index contributed by atoms with van der Waals surface area (Å²) >= 11 is 0. The zero-order valence-electron chi connectivity index (χ0n) is 37.6. The molecule has 0 aliphatic heterocycles. The zero-order chi connectivity index (χ0) is 41.5. The summed E-state index contributed by atoms with van der Waals surface area (Å²) in [4.78, 5) is 24.4. The van der Waals surface area contributed by atoms with Crippen molar-refractivity contribution in [2.45, 2.75) is 251 Å². The third-order valence-corrected chi connectivity index (χ3v) is 10.8. The van der Waals surface area contributed by atoms with Gasteiger partial charge in [0.25, 0.3) is 0 Å². The number of hydrogen-bond donors (Lipinski definition) is 3. The highest BCUT2D eigenvalue weighted by atomic mass is 16.5. The van der Waals surface area contributed by atoms with E-state index in [1.807, 2.05) is 6.08 Å². The summed E-state index contributed by atoms with van der Waals surface area (Å²) < 4.78 is 5.41. The Morgan fingerprint density at radius 1 is 0.491 bits per heavy atom. The maximum absolute atomic E-state index is 12.4. The lowest BCUT2D eigenvalue weighted by Gasteiger charge is -2.20. The summed E-state index contributed by atoms with van der Waals surface area (Å²) in [5.74, 6) is -0.161. The second kappa shape index (κ2) is 46.5. The highest BCUT2D eigenvalue weighted by Crippen LogP contribution is 2.15. The molecule has 0 rings (SSSR count). The minimum atomic E-state index is -0.867. The fourth-order valence-corrected chi connectivity index (χ4v) is 7.02. The maximum atomic E-state index is 12.4. The van der Waals surface area contributed by atoms with Crippen molar-refractivity contribution in [2.75, 3.05) is 13.2 Å². The summed E-state index contributed by atoms with van der Waals surface area (Å²) in [5.41, 5.74) is 0. The van der Waals surface area contributed by atoms with E-state index in [0.29, 0.717) is 19.4 Å². The Kier molecular flexibility index (Phi) is 44.7. The number of rotatable bonds is 44. The third kappa shape index (κ3) is 43.2. The number of amides is 1. The van der Waals surface area contributed by atoms with Gasteiger partial charge < -0.3 is 20.3 Å². The molecule has 0 aromatic carbocycles. The third-order valence-electron chi connectivity index (χ3n) is 10.8. The number of carbonyl (C=O) groups is 2. The molecule has 1 amide bonds. The smallest absolute Gasteiger partial charge is 0.305 e. The lowest BCUT2D eigenvalue weighted by Crippen LogP contribution is -2.45. The normalized spacial score (nSPS) is 13.1. The van der Waals surface area contributed by atoms with Crippen LogP contribution in [0.2, 0.25) is 0 Å². The van der Waals surface area contributed by atoms with Crippen molar-refractivity contribution in [1.29, 1.82) is 0 Å². The molecule has 0 aliphatic carbocycles. The molecule has 6 nitrogen and oxygen atoms in total. The summed E-state index contributed by atoms with van der Waals surface area (Å²) in [6.07, 6.45) is 56.8. The first kappa shape index (κ1) is 54.8. The SMILES string of the molecule is CCC/C=C\C/C=C\CCCCCCCC(=O)OCCCC/C=C\CCCCCCC(=O)NC(CO)C(O)/C=C/CCCCCCCCCCCCCCCCC. The first-order chi connectivity index (χ1) is 28.0. The Balaban J connectivity index is 3.60. The van der Waals surface area contributed by atoms with E-state index in [9.17, 15) is 19.8 Å². The van der Waals surface area contributed by atoms with Crippen LogP contribution in [0.25, 0.3) is 0 Å². The fraction of sp³-hybridized carbons (Fsp3) is 0.804. The first-order valence-electron chi connectivity index (χ1n) is 24.4. The lowest BCUT2D eigenvalue weighted by molar-refractivity contribution is -0.143. The van der Waals surface area contributed by atoms with Crippen LogP contribution in [0.4, 0.5) is 0 Å². The Hall–Kier alpha value is -2.18. The predicted octanol–water partition coefficient (Wildman–Crippen LogP) is 14.3. The van der Waals surface area contributed by atoms with Crippen LogP contribution in [0.5, 0.6) is 0 Å². The second-order valence-corrected chi connectivity index (χ2v) is 16.4. The van der Waals surface area contributed by atoms with Gasteiger partial charge >= 0.3 is 5.97 Å². The second-order valence-electron chi connectivity index (χ2n) is 16.4. The molecule has 2 atom stereocenters. The average molecular weight is 800 g/mol. The van der Waals surface area contributed by atoms with Gasteiger partial charge in [-0.2, -0.15) is 0 Å². The molecule has 0 heterocycles. The Bertz CT molecular complexity index is 973. The number of aliphatic hydroxyl groups is 2.